The number of benzene rings is 2. The Balaban J connectivity index is 1.77. The van der Waals surface area contributed by atoms with E-state index in [0.717, 1.165) is 17.5 Å². The summed E-state index contributed by atoms with van der Waals surface area (Å²) >= 11 is 0. The first-order valence-corrected chi connectivity index (χ1v) is 9.32. The van der Waals surface area contributed by atoms with Crippen molar-refractivity contribution in [2.45, 2.75) is 44.6 Å². The van der Waals surface area contributed by atoms with Crippen molar-refractivity contribution in [3.05, 3.63) is 65.5 Å². The molecule has 1 unspecified atom stereocenters. The molecule has 1 saturated carbocycles. The first-order valence-electron chi connectivity index (χ1n) is 9.32. The quantitative estimate of drug-likeness (QED) is 0.804. The number of amides is 1. The summed E-state index contributed by atoms with van der Waals surface area (Å²) in [7, 11) is 1.83. The van der Waals surface area contributed by atoms with Crippen molar-refractivity contribution < 1.29 is 14.3 Å². The van der Waals surface area contributed by atoms with Crippen LogP contribution >= 0.6 is 0 Å². The standard InChI is InChI=1S/C22H26FNO2/c1-24(22(26)14-17-9-11-19(23)12-10-17)21(13-16-5-2-3-6-16)18-7-4-8-20(25)15-18/h4,7-12,15-16,21,25H,2-3,5-6,13-14H2,1H3. The van der Waals surface area contributed by atoms with Crippen LogP contribution in [-0.2, 0) is 11.2 Å². The summed E-state index contributed by atoms with van der Waals surface area (Å²) < 4.78 is 13.1. The van der Waals surface area contributed by atoms with Crippen LogP contribution in [0.1, 0.15) is 49.3 Å². The number of rotatable bonds is 6. The van der Waals surface area contributed by atoms with Gasteiger partial charge in [0.25, 0.3) is 0 Å². The van der Waals surface area contributed by atoms with Gasteiger partial charge in [-0.3, -0.25) is 4.79 Å². The SMILES string of the molecule is CN(C(=O)Cc1ccc(F)cc1)C(CC1CCCC1)c1cccc(O)c1. The average Bonchev–Trinajstić information content (AvgIpc) is 3.14. The number of hydrogen-bond donors (Lipinski definition) is 1. The Morgan fingerprint density at radius 1 is 1.19 bits per heavy atom. The number of carbonyl (C=O) groups is 1. The van der Waals surface area contributed by atoms with Gasteiger partial charge in [0.1, 0.15) is 11.6 Å². The first kappa shape index (κ1) is 18.4. The van der Waals surface area contributed by atoms with Crippen LogP contribution in [0.4, 0.5) is 4.39 Å². The zero-order valence-electron chi connectivity index (χ0n) is 15.2. The molecule has 1 N–H and O–H groups in total. The fourth-order valence-electron chi connectivity index (χ4n) is 3.89. The summed E-state index contributed by atoms with van der Waals surface area (Å²) in [6, 6.07) is 13.2. The van der Waals surface area contributed by atoms with Crippen molar-refractivity contribution in [1.82, 2.24) is 4.90 Å². The first-order chi connectivity index (χ1) is 12.5. The zero-order chi connectivity index (χ0) is 18.5. The Morgan fingerprint density at radius 3 is 2.54 bits per heavy atom. The minimum Gasteiger partial charge on any atom is -0.508 e. The van der Waals surface area contributed by atoms with Crippen LogP contribution in [0, 0.1) is 11.7 Å². The van der Waals surface area contributed by atoms with E-state index in [1.54, 1.807) is 29.2 Å². The highest BCUT2D eigenvalue weighted by atomic mass is 19.1. The molecular formula is C22H26FNO2. The molecule has 0 radical (unpaired) electrons. The number of likely N-dealkylation sites (N-methyl/N-ethyl adjacent to an activating group) is 1. The van der Waals surface area contributed by atoms with E-state index in [4.69, 9.17) is 0 Å². The van der Waals surface area contributed by atoms with E-state index in [1.807, 2.05) is 19.2 Å². The highest BCUT2D eigenvalue weighted by Crippen LogP contribution is 2.36. The van der Waals surface area contributed by atoms with Gasteiger partial charge in [-0.15, -0.1) is 0 Å². The molecule has 138 valence electrons. The largest absolute Gasteiger partial charge is 0.508 e. The maximum absolute atomic E-state index is 13.1. The maximum atomic E-state index is 13.1. The molecule has 0 saturated heterocycles. The molecular weight excluding hydrogens is 329 g/mol. The van der Waals surface area contributed by atoms with Gasteiger partial charge in [0.05, 0.1) is 12.5 Å². The molecule has 0 bridgehead atoms. The van der Waals surface area contributed by atoms with Gasteiger partial charge < -0.3 is 10.0 Å². The molecule has 1 aliphatic carbocycles. The van der Waals surface area contributed by atoms with Gasteiger partial charge in [-0.25, -0.2) is 4.39 Å². The van der Waals surface area contributed by atoms with Crippen LogP contribution in [-0.4, -0.2) is 23.0 Å². The van der Waals surface area contributed by atoms with E-state index in [1.165, 1.54) is 37.8 Å². The van der Waals surface area contributed by atoms with E-state index >= 15 is 0 Å². The third-order valence-corrected chi connectivity index (χ3v) is 5.42. The van der Waals surface area contributed by atoms with Crippen molar-refractivity contribution >= 4 is 5.91 Å². The Kier molecular flexibility index (Phi) is 5.92. The molecule has 26 heavy (non-hydrogen) atoms. The molecule has 1 aliphatic rings. The van der Waals surface area contributed by atoms with E-state index in [0.29, 0.717) is 5.92 Å². The minimum absolute atomic E-state index is 0.00273. The summed E-state index contributed by atoms with van der Waals surface area (Å²) in [5.41, 5.74) is 1.77. The van der Waals surface area contributed by atoms with Crippen molar-refractivity contribution in [3.63, 3.8) is 0 Å². The molecule has 0 heterocycles. The van der Waals surface area contributed by atoms with Gasteiger partial charge in [-0.2, -0.15) is 0 Å². The zero-order valence-corrected chi connectivity index (χ0v) is 15.2. The molecule has 4 heteroatoms. The smallest absolute Gasteiger partial charge is 0.227 e. The lowest BCUT2D eigenvalue weighted by Gasteiger charge is -2.31. The summed E-state index contributed by atoms with van der Waals surface area (Å²) in [6.45, 7) is 0. The highest BCUT2D eigenvalue weighted by Gasteiger charge is 2.27. The van der Waals surface area contributed by atoms with Crippen LogP contribution in [0.15, 0.2) is 48.5 Å². The topological polar surface area (TPSA) is 40.5 Å². The van der Waals surface area contributed by atoms with Crippen LogP contribution in [0.5, 0.6) is 5.75 Å². The van der Waals surface area contributed by atoms with Gasteiger partial charge in [0.2, 0.25) is 5.91 Å². The van der Waals surface area contributed by atoms with Gasteiger partial charge >= 0.3 is 0 Å². The van der Waals surface area contributed by atoms with E-state index in [9.17, 15) is 14.3 Å². The molecule has 0 aliphatic heterocycles. The third kappa shape index (κ3) is 4.63. The normalized spacial score (nSPS) is 15.8. The molecule has 0 aromatic heterocycles. The summed E-state index contributed by atoms with van der Waals surface area (Å²) in [6.07, 6.45) is 6.08. The van der Waals surface area contributed by atoms with Gasteiger partial charge in [0, 0.05) is 7.05 Å². The molecule has 3 nitrogen and oxygen atoms in total. The van der Waals surface area contributed by atoms with E-state index < -0.39 is 0 Å². The fourth-order valence-corrected chi connectivity index (χ4v) is 3.89. The highest BCUT2D eigenvalue weighted by molar-refractivity contribution is 5.79. The van der Waals surface area contributed by atoms with Gasteiger partial charge in [0.15, 0.2) is 0 Å². The second-order valence-corrected chi connectivity index (χ2v) is 7.30. The molecule has 1 amide bonds. The average molecular weight is 355 g/mol. The molecule has 1 atom stereocenters. The number of carbonyl (C=O) groups excluding carboxylic acids is 1. The summed E-state index contributed by atoms with van der Waals surface area (Å²) in [5.74, 6) is 0.540. The second kappa shape index (κ2) is 8.35. The molecule has 3 rings (SSSR count). The molecule has 0 spiro atoms. The Morgan fingerprint density at radius 2 is 1.88 bits per heavy atom. The van der Waals surface area contributed by atoms with Crippen molar-refractivity contribution in [2.75, 3.05) is 7.05 Å². The Labute approximate surface area is 154 Å². The van der Waals surface area contributed by atoms with Gasteiger partial charge in [-0.05, 0) is 47.7 Å². The number of phenols is 1. The van der Waals surface area contributed by atoms with Crippen molar-refractivity contribution in [1.29, 1.82) is 0 Å². The minimum atomic E-state index is -0.298. The predicted octanol–water partition coefficient (Wildman–Crippen LogP) is 4.85. The summed E-state index contributed by atoms with van der Waals surface area (Å²) in [5, 5.41) is 9.87. The van der Waals surface area contributed by atoms with Crippen LogP contribution in [0.3, 0.4) is 0 Å². The second-order valence-electron chi connectivity index (χ2n) is 7.30. The number of halogens is 1. The molecule has 2 aromatic carbocycles. The van der Waals surface area contributed by atoms with Crippen LogP contribution < -0.4 is 0 Å². The lowest BCUT2D eigenvalue weighted by atomic mass is 9.92. The Hall–Kier alpha value is -2.36. The lowest BCUT2D eigenvalue weighted by molar-refractivity contribution is -0.131. The third-order valence-electron chi connectivity index (χ3n) is 5.42. The van der Waals surface area contributed by atoms with E-state index in [-0.39, 0.29) is 29.9 Å². The van der Waals surface area contributed by atoms with E-state index in [2.05, 4.69) is 0 Å². The molecule has 1 fully saturated rings. The van der Waals surface area contributed by atoms with Crippen LogP contribution in [0.2, 0.25) is 0 Å². The van der Waals surface area contributed by atoms with Crippen molar-refractivity contribution in [3.8, 4) is 5.75 Å². The number of aromatic hydroxyl groups is 1. The predicted molar refractivity (Wildman–Crippen MR) is 100 cm³/mol. The van der Waals surface area contributed by atoms with Crippen LogP contribution in [0.25, 0.3) is 0 Å². The lowest BCUT2D eigenvalue weighted by Crippen LogP contribution is -2.33. The number of nitrogens with zero attached hydrogens (tertiary/aromatic N) is 1. The van der Waals surface area contributed by atoms with Crippen molar-refractivity contribution in [2.24, 2.45) is 5.92 Å². The monoisotopic (exact) mass is 355 g/mol. The summed E-state index contributed by atoms with van der Waals surface area (Å²) in [4.78, 5) is 14.6. The molecule has 2 aromatic rings. The fraction of sp³-hybridized carbons (Fsp3) is 0.409. The number of phenolic OH excluding ortho intramolecular Hbond substituents is 1. The Bertz CT molecular complexity index is 738. The van der Waals surface area contributed by atoms with Gasteiger partial charge in [-0.1, -0.05) is 49.9 Å². The number of hydrogen-bond acceptors (Lipinski definition) is 2. The maximum Gasteiger partial charge on any atom is 0.227 e.